The summed E-state index contributed by atoms with van der Waals surface area (Å²) in [6, 6.07) is 17.2. The number of hydrazine groups is 1. The van der Waals surface area contributed by atoms with Gasteiger partial charge in [0.25, 0.3) is 5.91 Å². The molecule has 0 spiro atoms. The number of nitrogens with one attached hydrogen (secondary N) is 2. The van der Waals surface area contributed by atoms with Crippen LogP contribution in [0, 0.1) is 0 Å². The van der Waals surface area contributed by atoms with Crippen molar-refractivity contribution in [3.63, 3.8) is 0 Å². The van der Waals surface area contributed by atoms with Gasteiger partial charge in [-0.1, -0.05) is 42.5 Å². The van der Waals surface area contributed by atoms with Gasteiger partial charge >= 0.3 is 0 Å². The van der Waals surface area contributed by atoms with Gasteiger partial charge in [0.2, 0.25) is 0 Å². The maximum absolute atomic E-state index is 11.9. The number of carbonyl (C=O) groups excluding carboxylic acids is 1. The molecule has 6 heteroatoms. The van der Waals surface area contributed by atoms with Gasteiger partial charge in [-0.15, -0.1) is 0 Å². The Kier molecular flexibility index (Phi) is 4.39. The molecule has 0 radical (unpaired) electrons. The fourth-order valence-electron chi connectivity index (χ4n) is 4.29. The van der Waals surface area contributed by atoms with Gasteiger partial charge in [0.15, 0.2) is 5.75 Å². The van der Waals surface area contributed by atoms with E-state index in [4.69, 9.17) is 10.7 Å². The number of nitrogens with zero attached hydrogens (tertiary/aromatic N) is 1. The fourth-order valence-corrected chi connectivity index (χ4v) is 4.29. The highest BCUT2D eigenvalue weighted by Crippen LogP contribution is 2.38. The largest absolute Gasteiger partial charge is 0.505 e. The topological polar surface area (TPSA) is 100 Å². The van der Waals surface area contributed by atoms with E-state index in [-0.39, 0.29) is 11.3 Å². The van der Waals surface area contributed by atoms with Crippen LogP contribution in [0.15, 0.2) is 54.6 Å². The van der Waals surface area contributed by atoms with Crippen LogP contribution in [0.1, 0.15) is 34.5 Å². The van der Waals surface area contributed by atoms with Crippen molar-refractivity contribution in [2.75, 3.05) is 10.9 Å². The van der Waals surface area contributed by atoms with Crippen LogP contribution >= 0.6 is 0 Å². The molecule has 0 fully saturated rings. The van der Waals surface area contributed by atoms with Crippen LogP contribution in [-0.2, 0) is 12.8 Å². The Hall–Kier alpha value is -3.80. The third-order valence-corrected chi connectivity index (χ3v) is 5.77. The first-order valence-electron chi connectivity index (χ1n) is 10.1. The second kappa shape index (κ2) is 7.22. The molecule has 0 atom stereocenters. The summed E-state index contributed by atoms with van der Waals surface area (Å²) < 4.78 is 0. The molecule has 5 rings (SSSR count). The molecule has 30 heavy (non-hydrogen) atoms. The number of benzene rings is 3. The third-order valence-electron chi connectivity index (χ3n) is 5.77. The Morgan fingerprint density at radius 3 is 2.47 bits per heavy atom. The number of phenols is 1. The van der Waals surface area contributed by atoms with Gasteiger partial charge in [0.1, 0.15) is 5.69 Å². The number of anilines is 2. The highest BCUT2D eigenvalue weighted by molar-refractivity contribution is 6.07. The maximum Gasteiger partial charge on any atom is 0.252 e. The van der Waals surface area contributed by atoms with Crippen LogP contribution in [0.5, 0.6) is 5.75 Å². The summed E-state index contributed by atoms with van der Waals surface area (Å²) in [5.74, 6) is -0.839. The van der Waals surface area contributed by atoms with Crippen molar-refractivity contribution in [3.8, 4) is 5.75 Å². The van der Waals surface area contributed by atoms with Gasteiger partial charge in [-0.3, -0.25) is 20.6 Å². The lowest BCUT2D eigenvalue weighted by Crippen LogP contribution is -2.17. The predicted octanol–water partition coefficient (Wildman–Crippen LogP) is 4.51. The summed E-state index contributed by atoms with van der Waals surface area (Å²) >= 11 is 0. The first-order chi connectivity index (χ1) is 14.6. The zero-order valence-electron chi connectivity index (χ0n) is 16.4. The molecule has 0 saturated carbocycles. The molecule has 0 saturated heterocycles. The Morgan fingerprint density at radius 1 is 0.933 bits per heavy atom. The number of rotatable bonds is 4. The van der Waals surface area contributed by atoms with Crippen LogP contribution in [0.25, 0.3) is 21.7 Å². The smallest absolute Gasteiger partial charge is 0.252 e. The Balaban J connectivity index is 1.64. The summed E-state index contributed by atoms with van der Waals surface area (Å²) in [5, 5.41) is 13.4. The minimum atomic E-state index is -0.673. The number of primary amides is 1. The molecule has 1 aliphatic carbocycles. The highest BCUT2D eigenvalue weighted by atomic mass is 16.3. The lowest BCUT2D eigenvalue weighted by Gasteiger charge is -2.23. The number of aromatic hydroxyl groups is 1. The minimum Gasteiger partial charge on any atom is -0.505 e. The minimum absolute atomic E-state index is 0.0830. The first-order valence-corrected chi connectivity index (χ1v) is 10.1. The molecule has 0 aliphatic heterocycles. The Morgan fingerprint density at radius 2 is 1.63 bits per heavy atom. The van der Waals surface area contributed by atoms with Gasteiger partial charge in [-0.05, 0) is 48.8 Å². The number of aryl methyl sites for hydroxylation is 1. The molecule has 150 valence electrons. The van der Waals surface area contributed by atoms with Crippen LogP contribution in [0.4, 0.5) is 11.4 Å². The lowest BCUT2D eigenvalue weighted by atomic mass is 9.93. The zero-order valence-corrected chi connectivity index (χ0v) is 16.4. The van der Waals surface area contributed by atoms with Crippen LogP contribution < -0.4 is 16.6 Å². The quantitative estimate of drug-likeness (QED) is 0.299. The number of hydrogen-bond acceptors (Lipinski definition) is 5. The number of carbonyl (C=O) groups is 1. The van der Waals surface area contributed by atoms with Crippen molar-refractivity contribution in [3.05, 3.63) is 71.4 Å². The second-order valence-corrected chi connectivity index (χ2v) is 7.62. The van der Waals surface area contributed by atoms with Crippen molar-refractivity contribution >= 4 is 39.0 Å². The molecule has 3 aromatic carbocycles. The van der Waals surface area contributed by atoms with Crippen LogP contribution in [-0.4, -0.2) is 16.0 Å². The van der Waals surface area contributed by atoms with Crippen molar-refractivity contribution in [1.29, 1.82) is 0 Å². The van der Waals surface area contributed by atoms with Gasteiger partial charge in [-0.25, -0.2) is 0 Å². The number of aromatic nitrogens is 1. The van der Waals surface area contributed by atoms with Crippen LogP contribution in [0.2, 0.25) is 0 Å². The van der Waals surface area contributed by atoms with Gasteiger partial charge in [0, 0.05) is 16.5 Å². The predicted molar refractivity (Wildman–Crippen MR) is 120 cm³/mol. The number of pyridine rings is 1. The SMILES string of the molecule is NC(=O)c1cc2ccccc2c(NNc2c3c(nc4ccccc24)CCCC3)c1O. The van der Waals surface area contributed by atoms with E-state index in [0.717, 1.165) is 58.7 Å². The average molecular weight is 398 g/mol. The molecule has 1 aliphatic rings. The monoisotopic (exact) mass is 398 g/mol. The van der Waals surface area contributed by atoms with Crippen molar-refractivity contribution < 1.29 is 9.90 Å². The van der Waals surface area contributed by atoms with Gasteiger partial charge < -0.3 is 10.8 Å². The van der Waals surface area contributed by atoms with E-state index in [2.05, 4.69) is 10.9 Å². The summed E-state index contributed by atoms with van der Waals surface area (Å²) in [4.78, 5) is 16.7. The number of nitrogens with two attached hydrogens (primary N) is 1. The highest BCUT2D eigenvalue weighted by Gasteiger charge is 2.20. The fraction of sp³-hybridized carbons (Fsp3) is 0.167. The lowest BCUT2D eigenvalue weighted by molar-refractivity contribution is 0.0998. The Bertz CT molecular complexity index is 1300. The normalized spacial score (nSPS) is 13.2. The maximum atomic E-state index is 11.9. The average Bonchev–Trinajstić information content (AvgIpc) is 2.77. The summed E-state index contributed by atoms with van der Waals surface area (Å²) in [7, 11) is 0. The first kappa shape index (κ1) is 18.2. The van der Waals surface area contributed by atoms with E-state index < -0.39 is 5.91 Å². The number of hydrogen-bond donors (Lipinski definition) is 4. The summed E-state index contributed by atoms with van der Waals surface area (Å²) in [6.45, 7) is 0. The number of para-hydroxylation sites is 1. The van der Waals surface area contributed by atoms with E-state index in [9.17, 15) is 9.90 Å². The van der Waals surface area contributed by atoms with Crippen molar-refractivity contribution in [1.82, 2.24) is 4.98 Å². The summed E-state index contributed by atoms with van der Waals surface area (Å²) in [5.41, 5.74) is 16.7. The van der Waals surface area contributed by atoms with E-state index in [1.54, 1.807) is 6.07 Å². The molecule has 1 aromatic heterocycles. The van der Waals surface area contributed by atoms with E-state index in [1.807, 2.05) is 48.5 Å². The molecule has 1 heterocycles. The third kappa shape index (κ3) is 2.97. The molecule has 5 N–H and O–H groups in total. The van der Waals surface area contributed by atoms with E-state index in [1.165, 1.54) is 5.56 Å². The van der Waals surface area contributed by atoms with Gasteiger partial charge in [-0.2, -0.15) is 0 Å². The summed E-state index contributed by atoms with van der Waals surface area (Å²) in [6.07, 6.45) is 4.16. The van der Waals surface area contributed by atoms with Crippen molar-refractivity contribution in [2.24, 2.45) is 5.73 Å². The van der Waals surface area contributed by atoms with E-state index in [0.29, 0.717) is 5.69 Å². The number of fused-ring (bicyclic) bond motifs is 3. The molecular weight excluding hydrogens is 376 g/mol. The Labute approximate surface area is 173 Å². The van der Waals surface area contributed by atoms with Crippen LogP contribution in [0.3, 0.4) is 0 Å². The molecule has 4 aromatic rings. The number of amides is 1. The molecule has 1 amide bonds. The molecular formula is C24H22N4O2. The van der Waals surface area contributed by atoms with Gasteiger partial charge in [0.05, 0.1) is 16.8 Å². The zero-order chi connectivity index (χ0) is 20.7. The molecule has 0 bridgehead atoms. The standard InChI is InChI=1S/C24H22N4O2/c25-24(30)18-13-14-7-1-2-8-15(14)22(23(18)29)28-27-21-16-9-3-5-11-19(16)26-20-12-6-4-10-17(20)21/h1-3,5,7-9,11,13,28-29H,4,6,10,12H2,(H2,25,30)(H,26,27). The molecule has 0 unspecified atom stereocenters. The van der Waals surface area contributed by atoms with E-state index >= 15 is 0 Å². The second-order valence-electron chi connectivity index (χ2n) is 7.62. The van der Waals surface area contributed by atoms with Crippen molar-refractivity contribution in [2.45, 2.75) is 25.7 Å². The molecule has 6 nitrogen and oxygen atoms in total.